The lowest BCUT2D eigenvalue weighted by atomic mass is 9.91. The minimum Gasteiger partial charge on any atom is -0.391 e. The topological polar surface area (TPSA) is 94.0 Å². The van der Waals surface area contributed by atoms with E-state index in [9.17, 15) is 0 Å². The zero-order chi connectivity index (χ0) is 21.1. The molecule has 0 amide bonds. The molecule has 4 rings (SSSR count). The van der Waals surface area contributed by atoms with Crippen LogP contribution in [0, 0.1) is 0 Å². The Hall–Kier alpha value is -3.19. The standard InChI is InChI=1S/C22H24ClN7/c1-3-25-11-10-19(24)27-22-26-13-15-8-9-17-20(21(15)28-22)18(30(2)29-17)12-14-6-4-5-7-16(14)23/h4-7,10-11,13,25H,3,8-9,12H2,1-2H3,(H2,24,26,27,28)/b11-10-. The molecule has 0 saturated heterocycles. The van der Waals surface area contributed by atoms with Crippen LogP contribution in [0.15, 0.2) is 47.7 Å². The summed E-state index contributed by atoms with van der Waals surface area (Å²) in [6.07, 6.45) is 7.69. The monoisotopic (exact) mass is 421 g/mol. The number of aryl methyl sites for hydroxylation is 3. The molecule has 1 aromatic carbocycles. The molecule has 0 bridgehead atoms. The first-order valence-electron chi connectivity index (χ1n) is 9.95. The molecule has 3 aromatic rings. The van der Waals surface area contributed by atoms with Gasteiger partial charge in [-0.2, -0.15) is 10.1 Å². The summed E-state index contributed by atoms with van der Waals surface area (Å²) in [5.41, 5.74) is 12.2. The van der Waals surface area contributed by atoms with Crippen LogP contribution in [0.3, 0.4) is 0 Å². The lowest BCUT2D eigenvalue weighted by Gasteiger charge is -2.16. The van der Waals surface area contributed by atoms with Gasteiger partial charge in [-0.15, -0.1) is 0 Å². The van der Waals surface area contributed by atoms with Crippen LogP contribution in [-0.2, 0) is 26.3 Å². The summed E-state index contributed by atoms with van der Waals surface area (Å²) in [5.74, 6) is 0.683. The van der Waals surface area contributed by atoms with Gasteiger partial charge < -0.3 is 11.1 Å². The van der Waals surface area contributed by atoms with Gasteiger partial charge in [0.05, 0.1) is 17.1 Å². The van der Waals surface area contributed by atoms with Gasteiger partial charge in [-0.1, -0.05) is 29.8 Å². The van der Waals surface area contributed by atoms with Crippen molar-refractivity contribution in [3.63, 3.8) is 0 Å². The SMILES string of the molecule is CCN/C=C\C(N)=Nc1ncc2c(n1)-c1c(nn(C)c1Cc1ccccc1Cl)CC2. The molecule has 0 radical (unpaired) electrons. The number of nitrogens with two attached hydrogens (primary N) is 1. The van der Waals surface area contributed by atoms with Gasteiger partial charge in [0.15, 0.2) is 0 Å². The molecule has 1 aliphatic carbocycles. The summed E-state index contributed by atoms with van der Waals surface area (Å²) < 4.78 is 1.93. The van der Waals surface area contributed by atoms with Crippen LogP contribution in [0.4, 0.5) is 5.95 Å². The van der Waals surface area contributed by atoms with Gasteiger partial charge in [0.25, 0.3) is 5.95 Å². The van der Waals surface area contributed by atoms with Crippen LogP contribution in [-0.4, -0.2) is 32.1 Å². The second-order valence-corrected chi connectivity index (χ2v) is 7.54. The molecule has 0 fully saturated rings. The zero-order valence-corrected chi connectivity index (χ0v) is 17.8. The smallest absolute Gasteiger partial charge is 0.251 e. The van der Waals surface area contributed by atoms with E-state index < -0.39 is 0 Å². The Labute approximate surface area is 180 Å². The molecule has 0 unspecified atom stereocenters. The fraction of sp³-hybridized carbons (Fsp3) is 0.273. The van der Waals surface area contributed by atoms with Crippen molar-refractivity contribution in [3.05, 3.63) is 70.3 Å². The van der Waals surface area contributed by atoms with Crippen molar-refractivity contribution in [1.29, 1.82) is 0 Å². The predicted molar refractivity (Wildman–Crippen MR) is 120 cm³/mol. The van der Waals surface area contributed by atoms with Crippen LogP contribution in [0.5, 0.6) is 0 Å². The lowest BCUT2D eigenvalue weighted by Crippen LogP contribution is -2.11. The summed E-state index contributed by atoms with van der Waals surface area (Å²) in [4.78, 5) is 13.5. The number of aromatic nitrogens is 4. The van der Waals surface area contributed by atoms with E-state index >= 15 is 0 Å². The number of nitrogens with zero attached hydrogens (tertiary/aromatic N) is 5. The molecule has 3 N–H and O–H groups in total. The molecule has 1 aliphatic rings. The molecular weight excluding hydrogens is 398 g/mol. The van der Waals surface area contributed by atoms with Crippen LogP contribution in [0.2, 0.25) is 5.02 Å². The number of rotatable bonds is 6. The molecule has 2 aromatic heterocycles. The molecule has 0 aliphatic heterocycles. The van der Waals surface area contributed by atoms with E-state index in [-0.39, 0.29) is 0 Å². The number of halogens is 1. The minimum atomic E-state index is 0.341. The van der Waals surface area contributed by atoms with Crippen molar-refractivity contribution >= 4 is 23.4 Å². The van der Waals surface area contributed by atoms with E-state index in [4.69, 9.17) is 27.4 Å². The molecule has 154 valence electrons. The molecule has 0 saturated carbocycles. The number of hydrogen-bond donors (Lipinski definition) is 2. The highest BCUT2D eigenvalue weighted by Gasteiger charge is 2.26. The zero-order valence-electron chi connectivity index (χ0n) is 17.1. The maximum Gasteiger partial charge on any atom is 0.251 e. The van der Waals surface area contributed by atoms with Crippen molar-refractivity contribution in [2.45, 2.75) is 26.2 Å². The van der Waals surface area contributed by atoms with Gasteiger partial charge in [-0.25, -0.2) is 9.97 Å². The van der Waals surface area contributed by atoms with Crippen molar-refractivity contribution < 1.29 is 0 Å². The van der Waals surface area contributed by atoms with Crippen LogP contribution in [0.1, 0.15) is 29.4 Å². The number of nitrogens with one attached hydrogen (secondary N) is 1. The highest BCUT2D eigenvalue weighted by atomic mass is 35.5. The molecular formula is C22H24ClN7. The molecule has 0 spiro atoms. The van der Waals surface area contributed by atoms with E-state index in [1.54, 1.807) is 12.3 Å². The number of benzene rings is 1. The summed E-state index contributed by atoms with van der Waals surface area (Å²) in [6, 6.07) is 7.88. The fourth-order valence-corrected chi connectivity index (χ4v) is 3.81. The lowest BCUT2D eigenvalue weighted by molar-refractivity contribution is 0.705. The Morgan fingerprint density at radius 3 is 2.97 bits per heavy atom. The molecule has 2 heterocycles. The van der Waals surface area contributed by atoms with E-state index in [1.807, 2.05) is 49.1 Å². The Kier molecular flexibility index (Phi) is 5.81. The van der Waals surface area contributed by atoms with Crippen LogP contribution in [0.25, 0.3) is 11.3 Å². The van der Waals surface area contributed by atoms with Crippen LogP contribution >= 0.6 is 11.6 Å². The average molecular weight is 422 g/mol. The summed E-state index contributed by atoms with van der Waals surface area (Å²) >= 11 is 6.41. The average Bonchev–Trinajstić information content (AvgIpc) is 3.05. The van der Waals surface area contributed by atoms with E-state index in [2.05, 4.69) is 15.3 Å². The largest absolute Gasteiger partial charge is 0.391 e. The Bertz CT molecular complexity index is 1130. The Balaban J connectivity index is 1.74. The van der Waals surface area contributed by atoms with Crippen molar-refractivity contribution in [3.8, 4) is 11.3 Å². The predicted octanol–water partition coefficient (Wildman–Crippen LogP) is 3.33. The van der Waals surface area contributed by atoms with Crippen molar-refractivity contribution in [1.82, 2.24) is 25.1 Å². The Morgan fingerprint density at radius 2 is 2.17 bits per heavy atom. The molecule has 8 heteroatoms. The summed E-state index contributed by atoms with van der Waals surface area (Å²) in [5, 5.41) is 8.56. The van der Waals surface area contributed by atoms with Gasteiger partial charge in [-0.3, -0.25) is 4.68 Å². The van der Waals surface area contributed by atoms with Gasteiger partial charge in [0, 0.05) is 43.0 Å². The third-order valence-corrected chi connectivity index (χ3v) is 5.45. The third kappa shape index (κ3) is 4.07. The van der Waals surface area contributed by atoms with E-state index in [0.29, 0.717) is 18.2 Å². The highest BCUT2D eigenvalue weighted by Crippen LogP contribution is 2.36. The first-order chi connectivity index (χ1) is 14.6. The minimum absolute atomic E-state index is 0.341. The second kappa shape index (κ2) is 8.67. The molecule has 30 heavy (non-hydrogen) atoms. The maximum absolute atomic E-state index is 6.41. The molecule has 0 atom stereocenters. The van der Waals surface area contributed by atoms with Crippen molar-refractivity contribution in [2.75, 3.05) is 6.54 Å². The fourth-order valence-electron chi connectivity index (χ4n) is 3.61. The number of amidine groups is 1. The molecule has 7 nitrogen and oxygen atoms in total. The number of fused-ring (bicyclic) bond motifs is 3. The Morgan fingerprint density at radius 1 is 1.33 bits per heavy atom. The second-order valence-electron chi connectivity index (χ2n) is 7.13. The quantitative estimate of drug-likeness (QED) is 0.470. The maximum atomic E-state index is 6.41. The van der Waals surface area contributed by atoms with Crippen LogP contribution < -0.4 is 11.1 Å². The van der Waals surface area contributed by atoms with Gasteiger partial charge >= 0.3 is 0 Å². The van der Waals surface area contributed by atoms with Gasteiger partial charge in [0.2, 0.25) is 0 Å². The number of hydrogen-bond acceptors (Lipinski definition) is 5. The van der Waals surface area contributed by atoms with Crippen molar-refractivity contribution in [2.24, 2.45) is 17.8 Å². The first-order valence-corrected chi connectivity index (χ1v) is 10.3. The van der Waals surface area contributed by atoms with E-state index in [1.165, 1.54) is 0 Å². The first kappa shape index (κ1) is 20.1. The summed E-state index contributed by atoms with van der Waals surface area (Å²) in [6.45, 7) is 2.83. The third-order valence-electron chi connectivity index (χ3n) is 5.08. The normalized spacial score (nSPS) is 13.4. The van der Waals surface area contributed by atoms with Gasteiger partial charge in [0.1, 0.15) is 5.84 Å². The van der Waals surface area contributed by atoms with Gasteiger partial charge in [-0.05, 0) is 43.0 Å². The van der Waals surface area contributed by atoms with E-state index in [0.717, 1.165) is 58.2 Å². The summed E-state index contributed by atoms with van der Waals surface area (Å²) in [7, 11) is 1.97. The highest BCUT2D eigenvalue weighted by molar-refractivity contribution is 6.31. The number of aliphatic imine (C=N–C) groups is 1.